The van der Waals surface area contributed by atoms with E-state index in [0.717, 1.165) is 24.1 Å². The number of benzene rings is 1. The second-order valence-corrected chi connectivity index (χ2v) is 5.74. The SMILES string of the molecule is CCCC(Nc1ccc([N+](=O)[O-])cc1C)c1cccs1. The highest BCUT2D eigenvalue weighted by Crippen LogP contribution is 2.30. The summed E-state index contributed by atoms with van der Waals surface area (Å²) in [7, 11) is 0. The molecule has 0 radical (unpaired) electrons. The Morgan fingerprint density at radius 1 is 1.40 bits per heavy atom. The van der Waals surface area contributed by atoms with Crippen molar-refractivity contribution in [3.05, 3.63) is 56.3 Å². The van der Waals surface area contributed by atoms with E-state index in [0.29, 0.717) is 0 Å². The van der Waals surface area contributed by atoms with Gasteiger partial charge in [0.2, 0.25) is 0 Å². The molecule has 0 bridgehead atoms. The van der Waals surface area contributed by atoms with Crippen LogP contribution in [0.5, 0.6) is 0 Å². The second kappa shape index (κ2) is 6.52. The predicted octanol–water partition coefficient (Wildman–Crippen LogP) is 4.92. The number of nitrogens with zero attached hydrogens (tertiary/aromatic N) is 1. The highest BCUT2D eigenvalue weighted by atomic mass is 32.1. The molecule has 0 saturated carbocycles. The molecule has 1 unspecified atom stereocenters. The maximum absolute atomic E-state index is 10.8. The largest absolute Gasteiger partial charge is 0.377 e. The topological polar surface area (TPSA) is 55.2 Å². The van der Waals surface area contributed by atoms with Gasteiger partial charge in [-0.25, -0.2) is 0 Å². The van der Waals surface area contributed by atoms with Crippen molar-refractivity contribution < 1.29 is 4.92 Å². The van der Waals surface area contributed by atoms with Gasteiger partial charge in [-0.15, -0.1) is 11.3 Å². The van der Waals surface area contributed by atoms with Crippen molar-refractivity contribution in [2.75, 3.05) is 5.32 Å². The van der Waals surface area contributed by atoms with Crippen LogP contribution in [-0.4, -0.2) is 4.92 Å². The van der Waals surface area contributed by atoms with Crippen molar-refractivity contribution in [1.29, 1.82) is 0 Å². The molecule has 0 aliphatic carbocycles. The lowest BCUT2D eigenvalue weighted by molar-refractivity contribution is -0.384. The number of thiophene rings is 1. The van der Waals surface area contributed by atoms with Crippen LogP contribution in [0.3, 0.4) is 0 Å². The second-order valence-electron chi connectivity index (χ2n) is 4.76. The van der Waals surface area contributed by atoms with Crippen molar-refractivity contribution >= 4 is 22.7 Å². The first kappa shape index (κ1) is 14.5. The van der Waals surface area contributed by atoms with Gasteiger partial charge in [0.05, 0.1) is 11.0 Å². The lowest BCUT2D eigenvalue weighted by Crippen LogP contribution is -2.10. The molecule has 1 heterocycles. The molecular weight excluding hydrogens is 272 g/mol. The zero-order chi connectivity index (χ0) is 14.5. The molecule has 20 heavy (non-hydrogen) atoms. The fourth-order valence-electron chi connectivity index (χ4n) is 2.17. The number of hydrogen-bond acceptors (Lipinski definition) is 4. The Hall–Kier alpha value is -1.88. The molecule has 2 aromatic rings. The fourth-order valence-corrected chi connectivity index (χ4v) is 2.99. The normalized spacial score (nSPS) is 12.1. The molecule has 1 N–H and O–H groups in total. The van der Waals surface area contributed by atoms with Crippen LogP contribution in [0.1, 0.15) is 36.2 Å². The Bertz CT molecular complexity index is 582. The van der Waals surface area contributed by atoms with Gasteiger partial charge in [-0.2, -0.15) is 0 Å². The zero-order valence-corrected chi connectivity index (χ0v) is 12.4. The van der Waals surface area contributed by atoms with E-state index in [9.17, 15) is 10.1 Å². The Morgan fingerprint density at radius 3 is 2.75 bits per heavy atom. The number of aryl methyl sites for hydroxylation is 1. The Labute approximate surface area is 122 Å². The summed E-state index contributed by atoms with van der Waals surface area (Å²) in [5, 5.41) is 16.3. The van der Waals surface area contributed by atoms with Crippen LogP contribution in [0.15, 0.2) is 35.7 Å². The number of nitro groups is 1. The fraction of sp³-hybridized carbons (Fsp3) is 0.333. The van der Waals surface area contributed by atoms with Crippen LogP contribution in [0.25, 0.3) is 0 Å². The van der Waals surface area contributed by atoms with Gasteiger partial charge in [-0.3, -0.25) is 10.1 Å². The molecule has 1 aromatic carbocycles. The highest BCUT2D eigenvalue weighted by Gasteiger charge is 2.14. The van der Waals surface area contributed by atoms with Crippen molar-refractivity contribution in [2.24, 2.45) is 0 Å². The minimum absolute atomic E-state index is 0.135. The third kappa shape index (κ3) is 3.36. The van der Waals surface area contributed by atoms with Gasteiger partial charge >= 0.3 is 0 Å². The minimum atomic E-state index is -0.362. The average molecular weight is 290 g/mol. The van der Waals surface area contributed by atoms with Crippen molar-refractivity contribution in [2.45, 2.75) is 32.7 Å². The molecule has 106 valence electrons. The van der Waals surface area contributed by atoms with E-state index >= 15 is 0 Å². The molecule has 0 spiro atoms. The number of rotatable bonds is 6. The van der Waals surface area contributed by atoms with Gasteiger partial charge in [0.15, 0.2) is 0 Å². The molecule has 4 nitrogen and oxygen atoms in total. The molecule has 0 aliphatic rings. The van der Waals surface area contributed by atoms with Crippen LogP contribution < -0.4 is 5.32 Å². The van der Waals surface area contributed by atoms with Gasteiger partial charge in [-0.05, 0) is 36.4 Å². The maximum Gasteiger partial charge on any atom is 0.269 e. The Morgan fingerprint density at radius 2 is 2.20 bits per heavy atom. The smallest absolute Gasteiger partial charge is 0.269 e. The lowest BCUT2D eigenvalue weighted by Gasteiger charge is -2.19. The molecular formula is C15H18N2O2S. The van der Waals surface area contributed by atoms with Crippen LogP contribution in [0, 0.1) is 17.0 Å². The third-order valence-corrected chi connectivity index (χ3v) is 4.20. The van der Waals surface area contributed by atoms with Gasteiger partial charge < -0.3 is 5.32 Å². The summed E-state index contributed by atoms with van der Waals surface area (Å²) >= 11 is 1.73. The average Bonchev–Trinajstić information content (AvgIpc) is 2.94. The van der Waals surface area contributed by atoms with Crippen LogP contribution in [-0.2, 0) is 0 Å². The quantitative estimate of drug-likeness (QED) is 0.607. The molecule has 2 rings (SSSR count). The standard InChI is InChI=1S/C15H18N2O2S/c1-3-5-14(15-6-4-9-20-15)16-13-8-7-12(17(18)19)10-11(13)2/h4,6-10,14,16H,3,5H2,1-2H3. The lowest BCUT2D eigenvalue weighted by atomic mass is 10.1. The first-order valence-electron chi connectivity index (χ1n) is 6.66. The highest BCUT2D eigenvalue weighted by molar-refractivity contribution is 7.10. The van der Waals surface area contributed by atoms with E-state index in [2.05, 4.69) is 23.7 Å². The number of nitro benzene ring substituents is 1. The van der Waals surface area contributed by atoms with Crippen molar-refractivity contribution in [1.82, 2.24) is 0 Å². The summed E-state index contributed by atoms with van der Waals surface area (Å²) in [6, 6.07) is 9.39. The van der Waals surface area contributed by atoms with Crippen molar-refractivity contribution in [3.63, 3.8) is 0 Å². The van der Waals surface area contributed by atoms with E-state index < -0.39 is 0 Å². The number of hydrogen-bond donors (Lipinski definition) is 1. The van der Waals surface area contributed by atoms with Crippen LogP contribution >= 0.6 is 11.3 Å². The van der Waals surface area contributed by atoms with Gasteiger partial charge in [0.25, 0.3) is 5.69 Å². The first-order valence-corrected chi connectivity index (χ1v) is 7.54. The van der Waals surface area contributed by atoms with Crippen molar-refractivity contribution in [3.8, 4) is 0 Å². The van der Waals surface area contributed by atoms with Crippen LogP contribution in [0.4, 0.5) is 11.4 Å². The molecule has 0 saturated heterocycles. The van der Waals surface area contributed by atoms with Gasteiger partial charge in [0.1, 0.15) is 0 Å². The first-order chi connectivity index (χ1) is 9.61. The summed E-state index contributed by atoms with van der Waals surface area (Å²) in [6.45, 7) is 4.05. The molecule has 0 fully saturated rings. The van der Waals surface area contributed by atoms with Gasteiger partial charge in [0, 0.05) is 22.7 Å². The molecule has 1 aromatic heterocycles. The summed E-state index contributed by atoms with van der Waals surface area (Å²) in [4.78, 5) is 11.7. The number of nitrogens with one attached hydrogen (secondary N) is 1. The summed E-state index contributed by atoms with van der Waals surface area (Å²) in [5.74, 6) is 0. The number of non-ortho nitro benzene ring substituents is 1. The minimum Gasteiger partial charge on any atom is -0.377 e. The van der Waals surface area contributed by atoms with E-state index in [1.807, 2.05) is 13.0 Å². The monoisotopic (exact) mass is 290 g/mol. The van der Waals surface area contributed by atoms with E-state index in [1.165, 1.54) is 4.88 Å². The van der Waals surface area contributed by atoms with E-state index in [4.69, 9.17) is 0 Å². The predicted molar refractivity (Wildman–Crippen MR) is 83.4 cm³/mol. The van der Waals surface area contributed by atoms with E-state index in [1.54, 1.807) is 29.5 Å². The summed E-state index contributed by atoms with van der Waals surface area (Å²) < 4.78 is 0. The maximum atomic E-state index is 10.8. The third-order valence-electron chi connectivity index (χ3n) is 3.21. The molecule has 5 heteroatoms. The summed E-state index contributed by atoms with van der Waals surface area (Å²) in [5.41, 5.74) is 2.00. The molecule has 0 amide bonds. The number of anilines is 1. The Kier molecular flexibility index (Phi) is 4.74. The molecule has 1 atom stereocenters. The molecule has 0 aliphatic heterocycles. The van der Waals surface area contributed by atoms with E-state index in [-0.39, 0.29) is 16.7 Å². The van der Waals surface area contributed by atoms with Gasteiger partial charge in [-0.1, -0.05) is 19.4 Å². The summed E-state index contributed by atoms with van der Waals surface area (Å²) in [6.07, 6.45) is 2.12. The zero-order valence-electron chi connectivity index (χ0n) is 11.6. The van der Waals surface area contributed by atoms with Crippen LogP contribution in [0.2, 0.25) is 0 Å². The Balaban J connectivity index is 2.21.